The summed E-state index contributed by atoms with van der Waals surface area (Å²) in [5.74, 6) is -5.18. The van der Waals surface area contributed by atoms with E-state index in [1.165, 1.54) is 36.2 Å². The van der Waals surface area contributed by atoms with Crippen molar-refractivity contribution in [3.8, 4) is 0 Å². The van der Waals surface area contributed by atoms with Gasteiger partial charge < -0.3 is 34.6 Å². The SMILES string of the molecule is CC[C@H](C)[C@@H]([C@@H](CC(=O)N1[C@H]2C[C@H]2C[C@H]1[C@H](OC)[C@@H](C)C(=O)N[C@@H](Cc1ccccc1Cl)C(=O)O)OC)N(C)C(=O)[C@@H](CC(=O)[C@H](C(C)C)N(C)C(=O)CCCCCN1C(=O)C=CC1=O)C(C)C. The Morgan fingerprint density at radius 1 is 0.868 bits per heavy atom. The molecule has 6 amide bonds. The summed E-state index contributed by atoms with van der Waals surface area (Å²) in [5, 5.41) is 13.1. The maximum Gasteiger partial charge on any atom is 0.326 e. The number of imide groups is 1. The molecule has 1 saturated carbocycles. The number of carbonyl (C=O) groups excluding carboxylic acids is 7. The fraction of sp³-hybridized carbons (Fsp3) is 0.686. The number of likely N-dealkylation sites (tertiary alicyclic amines) is 1. The van der Waals surface area contributed by atoms with E-state index in [2.05, 4.69) is 5.32 Å². The Kier molecular flexibility index (Phi) is 20.8. The monoisotopic (exact) mass is 970 g/mol. The number of likely N-dealkylation sites (N-methyl/N-ethyl adjacent to an activating group) is 2. The van der Waals surface area contributed by atoms with E-state index in [1.54, 1.807) is 50.2 Å². The van der Waals surface area contributed by atoms with Crippen molar-refractivity contribution >= 4 is 58.8 Å². The molecule has 0 unspecified atom stereocenters. The molecule has 4 rings (SSSR count). The molecule has 17 heteroatoms. The van der Waals surface area contributed by atoms with Crippen molar-refractivity contribution < 1.29 is 52.9 Å². The number of methoxy groups -OCH3 is 2. The Morgan fingerprint density at radius 2 is 1.51 bits per heavy atom. The minimum Gasteiger partial charge on any atom is -0.480 e. The number of carbonyl (C=O) groups is 8. The molecule has 1 aromatic carbocycles. The normalized spacial score (nSPS) is 21.2. The van der Waals surface area contributed by atoms with Gasteiger partial charge in [-0.1, -0.05) is 91.1 Å². The standard InChI is InChI=1S/C51H76ClN5O11/c1-12-31(6)47(55(9)50(64)35(29(2)3)27-40(58)46(30(4)5)54(8)42(59)20-14-13-17-23-56-43(60)21-22-44(56)61)41(67-10)28-45(62)57-38-25-34(38)26-39(57)48(68-11)32(7)49(63)53-37(51(65)66)24-33-18-15-16-19-36(33)52/h15-16,18-19,21-22,29-32,34-35,37-39,41,46-48H,12-14,17,20,23-28H2,1-11H3,(H,53,63)(H,65,66)/t31-,32+,34-,35-,37-,38-,39-,41+,46-,47-,48+/m0/s1. The number of fused-ring (bicyclic) bond motifs is 1. The summed E-state index contributed by atoms with van der Waals surface area (Å²) in [6.45, 7) is 13.5. The molecule has 0 spiro atoms. The third-order valence-electron chi connectivity index (χ3n) is 14.6. The Bertz CT molecular complexity index is 1990. The number of unbranched alkanes of at least 4 members (excludes halogenated alkanes) is 2. The van der Waals surface area contributed by atoms with Gasteiger partial charge in [0.15, 0.2) is 5.78 Å². The average Bonchev–Trinajstić information content (AvgIpc) is 3.84. The molecule has 1 saturated heterocycles. The third kappa shape index (κ3) is 13.8. The molecule has 16 nitrogen and oxygen atoms in total. The molecule has 11 atom stereocenters. The van der Waals surface area contributed by atoms with Crippen molar-refractivity contribution in [1.82, 2.24) is 24.9 Å². The summed E-state index contributed by atoms with van der Waals surface area (Å²) < 4.78 is 12.1. The van der Waals surface area contributed by atoms with E-state index < -0.39 is 60.1 Å². The number of halogens is 1. The molecular weight excluding hydrogens is 894 g/mol. The molecule has 2 heterocycles. The van der Waals surface area contributed by atoms with Gasteiger partial charge in [0, 0.05) is 83.3 Å². The molecule has 68 heavy (non-hydrogen) atoms. The predicted molar refractivity (Wildman–Crippen MR) is 257 cm³/mol. The van der Waals surface area contributed by atoms with E-state index in [4.69, 9.17) is 21.1 Å². The number of hydrogen-bond donors (Lipinski definition) is 2. The van der Waals surface area contributed by atoms with E-state index in [9.17, 15) is 43.5 Å². The van der Waals surface area contributed by atoms with Crippen LogP contribution in [0.5, 0.6) is 0 Å². The first-order valence-electron chi connectivity index (χ1n) is 24.3. The minimum absolute atomic E-state index is 0.0155. The van der Waals surface area contributed by atoms with Gasteiger partial charge in [0.25, 0.3) is 11.8 Å². The average molecular weight is 971 g/mol. The number of ether oxygens (including phenoxy) is 2. The largest absolute Gasteiger partial charge is 0.480 e. The zero-order chi connectivity index (χ0) is 50.7. The molecule has 0 aromatic heterocycles. The van der Waals surface area contributed by atoms with Gasteiger partial charge in [-0.05, 0) is 61.0 Å². The van der Waals surface area contributed by atoms with E-state index in [0.717, 1.165) is 6.42 Å². The number of rotatable bonds is 28. The summed E-state index contributed by atoms with van der Waals surface area (Å²) in [4.78, 5) is 113. The van der Waals surface area contributed by atoms with Crippen LogP contribution in [0, 0.1) is 35.5 Å². The number of nitrogens with zero attached hydrogens (tertiary/aromatic N) is 4. The lowest BCUT2D eigenvalue weighted by molar-refractivity contribution is -0.150. The fourth-order valence-electron chi connectivity index (χ4n) is 10.3. The number of amides is 6. The van der Waals surface area contributed by atoms with Crippen LogP contribution in [-0.4, -0.2) is 149 Å². The number of ketones is 1. The van der Waals surface area contributed by atoms with Crippen LogP contribution in [-0.2, 0) is 54.3 Å². The van der Waals surface area contributed by atoms with E-state index >= 15 is 0 Å². The first kappa shape index (κ1) is 55.9. The van der Waals surface area contributed by atoms with Gasteiger partial charge in [0.1, 0.15) is 6.04 Å². The second-order valence-corrected chi connectivity index (χ2v) is 20.2. The number of nitrogens with one attached hydrogen (secondary N) is 1. The quantitative estimate of drug-likeness (QED) is 0.0786. The number of Topliss-reactive ketones (excluding diaryl/α,β-unsaturated/α-hetero) is 1. The van der Waals surface area contributed by atoms with Gasteiger partial charge in [-0.3, -0.25) is 38.5 Å². The van der Waals surface area contributed by atoms with Crippen LogP contribution in [0.25, 0.3) is 0 Å². The van der Waals surface area contributed by atoms with Crippen molar-refractivity contribution in [2.45, 2.75) is 155 Å². The molecule has 2 aliphatic heterocycles. The van der Waals surface area contributed by atoms with Gasteiger partial charge in [-0.25, -0.2) is 4.79 Å². The highest BCUT2D eigenvalue weighted by molar-refractivity contribution is 6.31. The lowest BCUT2D eigenvalue weighted by Crippen LogP contribution is -2.55. The number of aliphatic carboxylic acids is 1. The first-order valence-corrected chi connectivity index (χ1v) is 24.7. The van der Waals surface area contributed by atoms with Gasteiger partial charge in [-0.15, -0.1) is 0 Å². The van der Waals surface area contributed by atoms with Crippen molar-refractivity contribution in [2.24, 2.45) is 35.5 Å². The second kappa shape index (κ2) is 25.3. The fourth-order valence-corrected chi connectivity index (χ4v) is 10.6. The molecule has 2 fully saturated rings. The Morgan fingerprint density at radius 3 is 2.07 bits per heavy atom. The van der Waals surface area contributed by atoms with E-state index in [1.807, 2.05) is 46.4 Å². The number of piperidine rings is 1. The molecule has 378 valence electrons. The molecule has 0 bridgehead atoms. The van der Waals surface area contributed by atoms with Gasteiger partial charge in [-0.2, -0.15) is 0 Å². The summed E-state index contributed by atoms with van der Waals surface area (Å²) in [7, 11) is 6.33. The number of carboxylic acids is 1. The zero-order valence-corrected chi connectivity index (χ0v) is 42.7. The molecular formula is C51H76ClN5O11. The van der Waals surface area contributed by atoms with E-state index in [-0.39, 0.29) is 97.3 Å². The molecule has 1 aliphatic carbocycles. The molecule has 0 radical (unpaired) electrons. The van der Waals surface area contributed by atoms with E-state index in [0.29, 0.717) is 42.7 Å². The van der Waals surface area contributed by atoms with Gasteiger partial charge in [0.2, 0.25) is 23.6 Å². The van der Waals surface area contributed by atoms with Crippen molar-refractivity contribution in [2.75, 3.05) is 34.9 Å². The summed E-state index contributed by atoms with van der Waals surface area (Å²) in [6, 6.07) is 3.79. The number of benzene rings is 1. The summed E-state index contributed by atoms with van der Waals surface area (Å²) in [6.07, 6.45) is 4.84. The molecule has 1 aromatic rings. The number of carboxylic acid groups (broad SMARTS) is 1. The Labute approximate surface area is 407 Å². The highest BCUT2D eigenvalue weighted by atomic mass is 35.5. The minimum atomic E-state index is -1.24. The summed E-state index contributed by atoms with van der Waals surface area (Å²) >= 11 is 6.31. The highest BCUT2D eigenvalue weighted by Gasteiger charge is 2.57. The van der Waals surface area contributed by atoms with Crippen LogP contribution < -0.4 is 5.32 Å². The van der Waals surface area contributed by atoms with Crippen LogP contribution in [0.4, 0.5) is 0 Å². The predicted octanol–water partition coefficient (Wildman–Crippen LogP) is 5.57. The van der Waals surface area contributed by atoms with Crippen molar-refractivity contribution in [3.63, 3.8) is 0 Å². The topological polar surface area (TPSA) is 200 Å². The zero-order valence-electron chi connectivity index (χ0n) is 41.9. The smallest absolute Gasteiger partial charge is 0.326 e. The lowest BCUT2D eigenvalue weighted by Gasteiger charge is -2.41. The van der Waals surface area contributed by atoms with Crippen LogP contribution in [0.15, 0.2) is 36.4 Å². The van der Waals surface area contributed by atoms with Crippen molar-refractivity contribution in [1.29, 1.82) is 0 Å². The van der Waals surface area contributed by atoms with Gasteiger partial charge in [0.05, 0.1) is 42.7 Å². The van der Waals surface area contributed by atoms with Crippen LogP contribution in [0.1, 0.15) is 112 Å². The Hall–Kier alpha value is -4.67. The van der Waals surface area contributed by atoms with Crippen LogP contribution in [0.3, 0.4) is 0 Å². The highest BCUT2D eigenvalue weighted by Crippen LogP contribution is 2.50. The maximum absolute atomic E-state index is 14.7. The number of hydrogen-bond acceptors (Lipinski definition) is 10. The molecule has 2 N–H and O–H groups in total. The Balaban J connectivity index is 1.44. The summed E-state index contributed by atoms with van der Waals surface area (Å²) in [5.41, 5.74) is 0.582. The van der Waals surface area contributed by atoms with Crippen LogP contribution in [0.2, 0.25) is 5.02 Å². The second-order valence-electron chi connectivity index (χ2n) is 19.8. The molecule has 3 aliphatic rings. The van der Waals surface area contributed by atoms with Crippen molar-refractivity contribution in [3.05, 3.63) is 47.0 Å². The van der Waals surface area contributed by atoms with Gasteiger partial charge >= 0.3 is 5.97 Å². The van der Waals surface area contributed by atoms with Crippen LogP contribution >= 0.6 is 11.6 Å². The first-order chi connectivity index (χ1) is 32.1. The third-order valence-corrected chi connectivity index (χ3v) is 14.9. The maximum atomic E-state index is 14.7. The lowest BCUT2D eigenvalue weighted by atomic mass is 9.83.